The van der Waals surface area contributed by atoms with E-state index in [1.165, 1.54) is 11.3 Å². The molecule has 0 unspecified atom stereocenters. The summed E-state index contributed by atoms with van der Waals surface area (Å²) in [5.74, 6) is 1.33. The van der Waals surface area contributed by atoms with Crippen LogP contribution < -0.4 is 14.9 Å². The van der Waals surface area contributed by atoms with Crippen LogP contribution >= 0.6 is 22.9 Å². The Kier molecular flexibility index (Phi) is 6.68. The molecule has 0 aliphatic heterocycles. The number of halogens is 1. The van der Waals surface area contributed by atoms with E-state index in [-0.39, 0.29) is 0 Å². The maximum Gasteiger partial charge on any atom is 0.203 e. The van der Waals surface area contributed by atoms with Crippen LogP contribution in [0.5, 0.6) is 11.5 Å². The van der Waals surface area contributed by atoms with Gasteiger partial charge in [0.1, 0.15) is 6.61 Å². The highest BCUT2D eigenvalue weighted by Crippen LogP contribution is 2.29. The second kappa shape index (κ2) is 9.39. The molecule has 0 bridgehead atoms. The van der Waals surface area contributed by atoms with Gasteiger partial charge in [0.15, 0.2) is 11.5 Å². The Bertz CT molecular complexity index is 927. The SMILES string of the molecule is CCOc1cc(/C=N\Nc2nc(C)cs2)ccc1OCc1ccccc1Cl. The molecule has 27 heavy (non-hydrogen) atoms. The van der Waals surface area contributed by atoms with Gasteiger partial charge in [0.2, 0.25) is 5.13 Å². The van der Waals surface area contributed by atoms with Gasteiger partial charge >= 0.3 is 0 Å². The molecule has 0 amide bonds. The predicted octanol–water partition coefficient (Wildman–Crippen LogP) is 5.53. The van der Waals surface area contributed by atoms with Gasteiger partial charge < -0.3 is 9.47 Å². The van der Waals surface area contributed by atoms with Gasteiger partial charge in [-0.05, 0) is 43.7 Å². The third kappa shape index (κ3) is 5.45. The van der Waals surface area contributed by atoms with Crippen molar-refractivity contribution in [3.63, 3.8) is 0 Å². The van der Waals surface area contributed by atoms with E-state index in [0.29, 0.717) is 29.7 Å². The molecule has 1 N–H and O–H groups in total. The van der Waals surface area contributed by atoms with Crippen molar-refractivity contribution in [3.05, 3.63) is 69.7 Å². The monoisotopic (exact) mass is 401 g/mol. The van der Waals surface area contributed by atoms with Gasteiger partial charge in [-0.3, -0.25) is 5.43 Å². The number of hydrazone groups is 1. The molecule has 2 aromatic carbocycles. The molecule has 0 aliphatic rings. The molecule has 0 atom stereocenters. The Balaban J connectivity index is 1.69. The fraction of sp³-hybridized carbons (Fsp3) is 0.200. The first-order valence-electron chi connectivity index (χ1n) is 8.50. The molecular formula is C20H20ClN3O2S. The van der Waals surface area contributed by atoms with Crippen molar-refractivity contribution in [2.24, 2.45) is 5.10 Å². The number of aryl methyl sites for hydroxylation is 1. The van der Waals surface area contributed by atoms with Crippen LogP contribution in [0.15, 0.2) is 52.9 Å². The first-order chi connectivity index (χ1) is 13.2. The largest absolute Gasteiger partial charge is 0.490 e. The summed E-state index contributed by atoms with van der Waals surface area (Å²) in [6.07, 6.45) is 1.72. The number of anilines is 1. The fourth-order valence-electron chi connectivity index (χ4n) is 2.33. The molecule has 0 saturated carbocycles. The molecule has 0 spiro atoms. The average molecular weight is 402 g/mol. The van der Waals surface area contributed by atoms with Crippen LogP contribution in [0.3, 0.4) is 0 Å². The number of thiazole rings is 1. The van der Waals surface area contributed by atoms with Crippen LogP contribution in [0, 0.1) is 6.92 Å². The Morgan fingerprint density at radius 1 is 1.19 bits per heavy atom. The van der Waals surface area contributed by atoms with Gasteiger partial charge in [0.25, 0.3) is 0 Å². The third-order valence-corrected chi connectivity index (χ3v) is 4.83. The van der Waals surface area contributed by atoms with Crippen LogP contribution in [0.2, 0.25) is 5.02 Å². The number of aromatic nitrogens is 1. The zero-order valence-corrected chi connectivity index (χ0v) is 16.7. The van der Waals surface area contributed by atoms with Crippen molar-refractivity contribution in [1.29, 1.82) is 0 Å². The molecule has 7 heteroatoms. The van der Waals surface area contributed by atoms with Gasteiger partial charge in [-0.15, -0.1) is 11.3 Å². The normalized spacial score (nSPS) is 10.9. The highest BCUT2D eigenvalue weighted by molar-refractivity contribution is 7.13. The van der Waals surface area contributed by atoms with Gasteiger partial charge in [-0.25, -0.2) is 4.98 Å². The standard InChI is InChI=1S/C20H20ClN3O2S/c1-3-25-19-10-15(11-22-24-20-23-14(2)13-27-20)8-9-18(19)26-12-16-6-4-5-7-17(16)21/h4-11,13H,3,12H2,1-2H3,(H,23,24)/b22-11-. The third-order valence-electron chi connectivity index (χ3n) is 3.60. The number of ether oxygens (including phenoxy) is 2. The van der Waals surface area contributed by atoms with Gasteiger partial charge in [-0.2, -0.15) is 5.10 Å². The smallest absolute Gasteiger partial charge is 0.203 e. The van der Waals surface area contributed by atoms with Crippen molar-refractivity contribution >= 4 is 34.3 Å². The lowest BCUT2D eigenvalue weighted by molar-refractivity contribution is 0.269. The van der Waals surface area contributed by atoms with E-state index in [0.717, 1.165) is 22.0 Å². The zero-order valence-electron chi connectivity index (χ0n) is 15.1. The molecule has 0 aliphatic carbocycles. The van der Waals surface area contributed by atoms with E-state index in [1.54, 1.807) is 6.21 Å². The summed E-state index contributed by atoms with van der Waals surface area (Å²) in [5.41, 5.74) is 5.71. The average Bonchev–Trinajstić information content (AvgIpc) is 3.08. The Hall–Kier alpha value is -2.57. The van der Waals surface area contributed by atoms with Crippen molar-refractivity contribution in [1.82, 2.24) is 4.98 Å². The highest BCUT2D eigenvalue weighted by atomic mass is 35.5. The van der Waals surface area contributed by atoms with Crippen molar-refractivity contribution in [3.8, 4) is 11.5 Å². The molecule has 140 valence electrons. The van der Waals surface area contributed by atoms with E-state index in [4.69, 9.17) is 21.1 Å². The Morgan fingerprint density at radius 2 is 2.04 bits per heavy atom. The minimum absolute atomic E-state index is 0.373. The highest BCUT2D eigenvalue weighted by Gasteiger charge is 2.08. The lowest BCUT2D eigenvalue weighted by Gasteiger charge is -2.13. The minimum Gasteiger partial charge on any atom is -0.490 e. The Labute approximate surface area is 167 Å². The second-order valence-electron chi connectivity index (χ2n) is 5.68. The fourth-order valence-corrected chi connectivity index (χ4v) is 3.16. The summed E-state index contributed by atoms with van der Waals surface area (Å²) < 4.78 is 11.6. The molecular weight excluding hydrogens is 382 g/mol. The number of hydrogen-bond acceptors (Lipinski definition) is 6. The summed E-state index contributed by atoms with van der Waals surface area (Å²) in [4.78, 5) is 4.30. The van der Waals surface area contributed by atoms with Crippen LogP contribution in [0.4, 0.5) is 5.13 Å². The van der Waals surface area contributed by atoms with Crippen LogP contribution in [0.25, 0.3) is 0 Å². The number of nitrogens with one attached hydrogen (secondary N) is 1. The van der Waals surface area contributed by atoms with Gasteiger partial charge in [-0.1, -0.05) is 29.8 Å². The van der Waals surface area contributed by atoms with E-state index in [2.05, 4.69) is 15.5 Å². The summed E-state index contributed by atoms with van der Waals surface area (Å²) >= 11 is 7.70. The molecule has 3 aromatic rings. The van der Waals surface area contributed by atoms with Crippen molar-refractivity contribution in [2.75, 3.05) is 12.0 Å². The van der Waals surface area contributed by atoms with E-state index in [9.17, 15) is 0 Å². The predicted molar refractivity (Wildman–Crippen MR) is 111 cm³/mol. The number of rotatable bonds is 8. The number of hydrogen-bond donors (Lipinski definition) is 1. The summed E-state index contributed by atoms with van der Waals surface area (Å²) in [6.45, 7) is 4.80. The summed E-state index contributed by atoms with van der Waals surface area (Å²) in [6, 6.07) is 13.3. The van der Waals surface area contributed by atoms with Crippen LogP contribution in [-0.2, 0) is 6.61 Å². The lowest BCUT2D eigenvalue weighted by atomic mass is 10.2. The van der Waals surface area contributed by atoms with Gasteiger partial charge in [0.05, 0.1) is 18.5 Å². The molecule has 5 nitrogen and oxygen atoms in total. The number of benzene rings is 2. The van der Waals surface area contributed by atoms with Crippen LogP contribution in [-0.4, -0.2) is 17.8 Å². The molecule has 0 saturated heterocycles. The molecule has 3 rings (SSSR count). The number of nitrogens with zero attached hydrogens (tertiary/aromatic N) is 2. The molecule has 0 radical (unpaired) electrons. The Morgan fingerprint density at radius 3 is 2.78 bits per heavy atom. The first-order valence-corrected chi connectivity index (χ1v) is 9.75. The maximum absolute atomic E-state index is 6.19. The van der Waals surface area contributed by atoms with E-state index < -0.39 is 0 Å². The minimum atomic E-state index is 0.373. The lowest BCUT2D eigenvalue weighted by Crippen LogP contribution is -2.01. The topological polar surface area (TPSA) is 55.7 Å². The van der Waals surface area contributed by atoms with Crippen molar-refractivity contribution in [2.45, 2.75) is 20.5 Å². The second-order valence-corrected chi connectivity index (χ2v) is 6.95. The van der Waals surface area contributed by atoms with E-state index in [1.807, 2.05) is 61.7 Å². The summed E-state index contributed by atoms with van der Waals surface area (Å²) in [7, 11) is 0. The molecule has 1 aromatic heterocycles. The molecule has 1 heterocycles. The first kappa shape index (κ1) is 19.2. The van der Waals surface area contributed by atoms with Crippen molar-refractivity contribution < 1.29 is 9.47 Å². The summed E-state index contributed by atoms with van der Waals surface area (Å²) in [5, 5.41) is 7.63. The van der Waals surface area contributed by atoms with Gasteiger partial charge in [0, 0.05) is 16.0 Å². The zero-order chi connectivity index (χ0) is 19.1. The quantitative estimate of drug-likeness (QED) is 0.398. The maximum atomic E-state index is 6.19. The molecule has 0 fully saturated rings. The van der Waals surface area contributed by atoms with Crippen LogP contribution in [0.1, 0.15) is 23.7 Å². The van der Waals surface area contributed by atoms with E-state index >= 15 is 0 Å².